The first-order valence-corrected chi connectivity index (χ1v) is 15.2. The number of hydrogen-bond acceptors (Lipinski definition) is 12. The minimum absolute atomic E-state index is 0.0483. The second kappa shape index (κ2) is 16.8. The molecule has 44 heavy (non-hydrogen) atoms. The van der Waals surface area contributed by atoms with Crippen molar-refractivity contribution in [3.8, 4) is 39.6 Å². The van der Waals surface area contributed by atoms with Gasteiger partial charge in [-0.3, -0.25) is 9.59 Å². The number of halogens is 1. The van der Waals surface area contributed by atoms with Crippen LogP contribution < -0.4 is 16.2 Å². The maximum Gasteiger partial charge on any atom is 0.317 e. The normalized spacial score (nSPS) is 10.1. The molecular weight excluding hydrogens is 624 g/mol. The maximum atomic E-state index is 11.2. The number of carbonyl (C=O) groups excluding carboxylic acids is 1. The highest BCUT2D eigenvalue weighted by molar-refractivity contribution is 7.98. The zero-order valence-electron chi connectivity index (χ0n) is 23.4. The second-order valence-corrected chi connectivity index (χ2v) is 10.9. The summed E-state index contributed by atoms with van der Waals surface area (Å²) in [4.78, 5) is 29.5. The number of carboxylic acids is 1. The number of nitrogens with two attached hydrogens (primary N) is 2. The van der Waals surface area contributed by atoms with Crippen molar-refractivity contribution in [3.05, 3.63) is 75.8 Å². The fraction of sp³-hybridized carbons (Fsp3) is 0.200. The van der Waals surface area contributed by atoms with Crippen LogP contribution in [-0.4, -0.2) is 46.8 Å². The van der Waals surface area contributed by atoms with Crippen LogP contribution in [0.4, 0.5) is 5.82 Å². The van der Waals surface area contributed by atoms with E-state index in [4.69, 9.17) is 36.9 Å². The van der Waals surface area contributed by atoms with Gasteiger partial charge in [0, 0.05) is 33.7 Å². The van der Waals surface area contributed by atoms with Crippen molar-refractivity contribution in [3.63, 3.8) is 0 Å². The Kier molecular flexibility index (Phi) is 13.0. The molecule has 0 amide bonds. The number of carbonyl (C=O) groups is 2. The molecule has 2 aromatic heterocycles. The molecule has 0 aliphatic heterocycles. The lowest BCUT2D eigenvalue weighted by Crippen LogP contribution is -2.11. The smallest absolute Gasteiger partial charge is 0.317 e. The van der Waals surface area contributed by atoms with Gasteiger partial charge in [0.05, 0.1) is 17.8 Å². The van der Waals surface area contributed by atoms with Crippen LogP contribution in [0.1, 0.15) is 30.2 Å². The van der Waals surface area contributed by atoms with Gasteiger partial charge in [-0.1, -0.05) is 54.6 Å². The summed E-state index contributed by atoms with van der Waals surface area (Å²) in [6.45, 7) is 1.80. The van der Waals surface area contributed by atoms with Gasteiger partial charge < -0.3 is 26.0 Å². The molecule has 0 atom stereocenters. The van der Waals surface area contributed by atoms with E-state index in [1.807, 2.05) is 29.6 Å². The molecule has 0 radical (unpaired) electrons. The van der Waals surface area contributed by atoms with E-state index in [0.717, 1.165) is 16.3 Å². The average molecular weight is 651 g/mol. The molecule has 226 valence electrons. The average Bonchev–Trinajstić information content (AvgIpc) is 3.51. The van der Waals surface area contributed by atoms with Gasteiger partial charge in [-0.05, 0) is 29.8 Å². The number of nitrogens with zero attached hydrogens (tertiary/aromatic N) is 4. The first-order valence-electron chi connectivity index (χ1n) is 13.0. The standard InChI is InChI=1S/C28H22ClN5O3S2.C2H5NO2/c1-2-24(35)37-12-11-36-21-9-5-17(6-10-21)25-22(13-30)26(32)34-28(23(25)14-31)39-16-20-15-38-27(33-20)18-3-7-19(29)8-4-18;3-1-2(4)5/h3-10,15H,2,11-12,16H2,1H3,(H2,32,34);1,3H2,(H,4,5). The van der Waals surface area contributed by atoms with E-state index in [9.17, 15) is 20.1 Å². The van der Waals surface area contributed by atoms with Crippen LogP contribution in [0.5, 0.6) is 5.75 Å². The summed E-state index contributed by atoms with van der Waals surface area (Å²) in [6.07, 6.45) is 0.306. The Bertz CT molecular complexity index is 1680. The van der Waals surface area contributed by atoms with Crippen LogP contribution in [-0.2, 0) is 20.1 Å². The largest absolute Gasteiger partial charge is 0.490 e. The molecule has 4 rings (SSSR count). The highest BCUT2D eigenvalue weighted by atomic mass is 35.5. The molecule has 0 aliphatic carbocycles. The fourth-order valence-corrected chi connectivity index (χ4v) is 5.51. The molecule has 0 bridgehead atoms. The summed E-state index contributed by atoms with van der Waals surface area (Å²) in [6, 6.07) is 18.7. The summed E-state index contributed by atoms with van der Waals surface area (Å²) in [5.74, 6) is -0.189. The minimum Gasteiger partial charge on any atom is -0.490 e. The summed E-state index contributed by atoms with van der Waals surface area (Å²) in [5, 5.41) is 31.4. The molecule has 14 heteroatoms. The van der Waals surface area contributed by atoms with E-state index in [0.29, 0.717) is 39.1 Å². The number of nitrogen functional groups attached to an aromatic ring is 1. The number of carboxylic acid groups (broad SMARTS) is 1. The Labute approximate surface area is 267 Å². The zero-order chi connectivity index (χ0) is 32.1. The Balaban J connectivity index is 0.000000978. The Morgan fingerprint density at radius 3 is 2.25 bits per heavy atom. The molecule has 2 aromatic carbocycles. The number of esters is 1. The van der Waals surface area contributed by atoms with Gasteiger partial charge in [0.2, 0.25) is 0 Å². The molecule has 11 nitrogen and oxygen atoms in total. The lowest BCUT2D eigenvalue weighted by molar-refractivity contribution is -0.144. The van der Waals surface area contributed by atoms with Gasteiger partial charge in [-0.25, -0.2) is 9.97 Å². The zero-order valence-corrected chi connectivity index (χ0v) is 25.8. The molecule has 0 saturated heterocycles. The number of pyridine rings is 1. The molecule has 0 aliphatic rings. The summed E-state index contributed by atoms with van der Waals surface area (Å²) < 4.78 is 10.6. The van der Waals surface area contributed by atoms with Gasteiger partial charge in [0.25, 0.3) is 0 Å². The number of rotatable bonds is 11. The number of thiazole rings is 1. The lowest BCUT2D eigenvalue weighted by atomic mass is 9.97. The molecular formula is C30H27ClN6O5S2. The SMILES string of the molecule is CCC(=O)OCCOc1ccc(-c2c(C#N)c(N)nc(SCc3csc(-c4ccc(Cl)cc4)n3)c2C#N)cc1.NCC(=O)O. The van der Waals surface area contributed by atoms with Gasteiger partial charge in [0.1, 0.15) is 52.5 Å². The van der Waals surface area contributed by atoms with Crippen LogP contribution in [0.15, 0.2) is 58.9 Å². The summed E-state index contributed by atoms with van der Waals surface area (Å²) in [7, 11) is 0. The van der Waals surface area contributed by atoms with E-state index in [1.54, 1.807) is 31.2 Å². The summed E-state index contributed by atoms with van der Waals surface area (Å²) in [5.41, 5.74) is 14.0. The van der Waals surface area contributed by atoms with E-state index >= 15 is 0 Å². The fourth-order valence-electron chi connectivity index (χ4n) is 3.57. The first kappa shape index (κ1) is 33.8. The Morgan fingerprint density at radius 1 is 1.02 bits per heavy atom. The van der Waals surface area contributed by atoms with Crippen LogP contribution in [0.25, 0.3) is 21.7 Å². The van der Waals surface area contributed by atoms with E-state index < -0.39 is 5.97 Å². The first-order chi connectivity index (χ1) is 21.2. The Hall–Kier alpha value is -4.66. The quantitative estimate of drug-likeness (QED) is 0.105. The predicted molar refractivity (Wildman–Crippen MR) is 169 cm³/mol. The van der Waals surface area contributed by atoms with E-state index in [-0.39, 0.29) is 42.7 Å². The third-order valence-electron chi connectivity index (χ3n) is 5.64. The molecule has 0 spiro atoms. The monoisotopic (exact) mass is 650 g/mol. The number of anilines is 1. The molecule has 5 N–H and O–H groups in total. The predicted octanol–water partition coefficient (Wildman–Crippen LogP) is 5.51. The van der Waals surface area contributed by atoms with E-state index in [1.165, 1.54) is 23.1 Å². The number of thioether (sulfide) groups is 1. The van der Waals surface area contributed by atoms with Crippen LogP contribution in [0.3, 0.4) is 0 Å². The van der Waals surface area contributed by atoms with Crippen molar-refractivity contribution < 1.29 is 24.2 Å². The topological polar surface area (TPSA) is 198 Å². The number of aliphatic carboxylic acids is 1. The van der Waals surface area contributed by atoms with Crippen molar-refractivity contribution in [1.29, 1.82) is 10.5 Å². The molecule has 4 aromatic rings. The van der Waals surface area contributed by atoms with Crippen molar-refractivity contribution in [2.45, 2.75) is 24.1 Å². The van der Waals surface area contributed by atoms with Gasteiger partial charge in [0.15, 0.2) is 0 Å². The van der Waals surface area contributed by atoms with Crippen LogP contribution >= 0.6 is 34.7 Å². The van der Waals surface area contributed by atoms with Crippen molar-refractivity contribution in [2.24, 2.45) is 5.73 Å². The third-order valence-corrected chi connectivity index (χ3v) is 7.84. The Morgan fingerprint density at radius 2 is 1.66 bits per heavy atom. The highest BCUT2D eigenvalue weighted by Gasteiger charge is 2.21. The number of aromatic nitrogens is 2. The van der Waals surface area contributed by atoms with Crippen LogP contribution in [0, 0.1) is 22.7 Å². The number of ether oxygens (including phenoxy) is 2. The van der Waals surface area contributed by atoms with Crippen LogP contribution in [0.2, 0.25) is 5.02 Å². The van der Waals surface area contributed by atoms with Gasteiger partial charge in [-0.2, -0.15) is 10.5 Å². The van der Waals surface area contributed by atoms with Crippen molar-refractivity contribution in [2.75, 3.05) is 25.5 Å². The summed E-state index contributed by atoms with van der Waals surface area (Å²) >= 11 is 8.83. The lowest BCUT2D eigenvalue weighted by Gasteiger charge is -2.13. The minimum atomic E-state index is -0.968. The van der Waals surface area contributed by atoms with E-state index in [2.05, 4.69) is 22.9 Å². The number of nitriles is 2. The third kappa shape index (κ3) is 9.42. The highest BCUT2D eigenvalue weighted by Crippen LogP contribution is 2.37. The van der Waals surface area contributed by atoms with Gasteiger partial charge in [-0.15, -0.1) is 11.3 Å². The molecule has 2 heterocycles. The molecule has 0 unspecified atom stereocenters. The molecule has 0 saturated carbocycles. The maximum absolute atomic E-state index is 11.2. The number of benzene rings is 2. The second-order valence-electron chi connectivity index (χ2n) is 8.64. The van der Waals surface area contributed by atoms with Crippen molar-refractivity contribution >= 4 is 52.5 Å². The van der Waals surface area contributed by atoms with Gasteiger partial charge >= 0.3 is 11.9 Å². The number of hydrogen-bond donors (Lipinski definition) is 3. The molecule has 0 fully saturated rings. The van der Waals surface area contributed by atoms with Crippen molar-refractivity contribution in [1.82, 2.24) is 9.97 Å².